The molecule has 35 heavy (non-hydrogen) atoms. The van der Waals surface area contributed by atoms with Crippen molar-refractivity contribution in [1.82, 2.24) is 30.4 Å². The number of aryl methyl sites for hydroxylation is 2. The van der Waals surface area contributed by atoms with Crippen molar-refractivity contribution in [2.24, 2.45) is 5.92 Å². The first-order valence-corrected chi connectivity index (χ1v) is 12.3. The summed E-state index contributed by atoms with van der Waals surface area (Å²) in [5.74, 6) is 1.78. The van der Waals surface area contributed by atoms with E-state index in [0.29, 0.717) is 34.2 Å². The summed E-state index contributed by atoms with van der Waals surface area (Å²) in [4.78, 5) is 11.0. The maximum absolute atomic E-state index is 15.2. The van der Waals surface area contributed by atoms with Crippen molar-refractivity contribution >= 4 is 34.9 Å². The zero-order chi connectivity index (χ0) is 24.5. The Balaban J connectivity index is 1.27. The van der Waals surface area contributed by atoms with Crippen molar-refractivity contribution in [3.8, 4) is 0 Å². The topological polar surface area (TPSA) is 93.8 Å². The maximum atomic E-state index is 15.2. The van der Waals surface area contributed by atoms with Gasteiger partial charge in [0.1, 0.15) is 10.8 Å². The summed E-state index contributed by atoms with van der Waals surface area (Å²) in [5.41, 5.74) is 4.59. The first kappa shape index (κ1) is 23.6. The SMILES string of the molecule is C=C(C1CNC1)N1CCC(c2cc(F)c(Nc3ncc(Cl)c(Nc4cc(C)[nH]n4)n3)cc2C)CC1. The molecule has 0 bridgehead atoms. The molecule has 4 N–H and O–H groups in total. The average molecular weight is 497 g/mol. The largest absolute Gasteiger partial charge is 0.375 e. The van der Waals surface area contributed by atoms with Crippen LogP contribution in [0.2, 0.25) is 5.02 Å². The molecule has 0 unspecified atom stereocenters. The molecule has 0 amide bonds. The minimum Gasteiger partial charge on any atom is -0.375 e. The Kier molecular flexibility index (Phi) is 6.62. The lowest BCUT2D eigenvalue weighted by Gasteiger charge is -2.41. The standard InChI is InChI=1S/C25H30ClFN8/c1-14-8-22(30-25-29-13-20(26)24(32-25)31-23-9-15(2)33-34-23)21(27)10-19(14)17-4-6-35(7-5-17)16(3)18-11-28-12-18/h8-10,13,17-18,28H,3-7,11-12H2,1-2H3,(H3,29,30,31,32,33,34). The van der Waals surface area contributed by atoms with Crippen molar-refractivity contribution in [3.05, 3.63) is 64.3 Å². The molecule has 2 aliphatic heterocycles. The highest BCUT2D eigenvalue weighted by atomic mass is 35.5. The molecule has 1 aromatic carbocycles. The lowest BCUT2D eigenvalue weighted by atomic mass is 9.85. The Hall–Kier alpha value is -3.17. The smallest absolute Gasteiger partial charge is 0.229 e. The molecule has 2 saturated heterocycles. The third-order valence-corrected chi connectivity index (χ3v) is 7.17. The van der Waals surface area contributed by atoms with Gasteiger partial charge in [-0.2, -0.15) is 10.1 Å². The summed E-state index contributed by atoms with van der Waals surface area (Å²) in [6.07, 6.45) is 3.46. The summed E-state index contributed by atoms with van der Waals surface area (Å²) in [6.45, 7) is 12.2. The van der Waals surface area contributed by atoms with Crippen LogP contribution < -0.4 is 16.0 Å². The predicted molar refractivity (Wildman–Crippen MR) is 137 cm³/mol. The molecule has 0 aliphatic carbocycles. The molecule has 0 radical (unpaired) electrons. The van der Waals surface area contributed by atoms with Gasteiger partial charge in [0.2, 0.25) is 5.95 Å². The summed E-state index contributed by atoms with van der Waals surface area (Å²) in [7, 11) is 0. The maximum Gasteiger partial charge on any atom is 0.229 e. The van der Waals surface area contributed by atoms with Gasteiger partial charge in [0.15, 0.2) is 11.6 Å². The zero-order valence-corrected chi connectivity index (χ0v) is 20.7. The van der Waals surface area contributed by atoms with Crippen LogP contribution >= 0.6 is 11.6 Å². The number of benzene rings is 1. The van der Waals surface area contributed by atoms with Crippen molar-refractivity contribution in [1.29, 1.82) is 0 Å². The number of nitrogens with one attached hydrogen (secondary N) is 4. The van der Waals surface area contributed by atoms with Crippen LogP contribution in [0.15, 0.2) is 36.7 Å². The highest BCUT2D eigenvalue weighted by Crippen LogP contribution is 2.35. The lowest BCUT2D eigenvalue weighted by molar-refractivity contribution is 0.216. The monoisotopic (exact) mass is 496 g/mol. The Morgan fingerprint density at radius 3 is 2.60 bits per heavy atom. The molecule has 2 aliphatic rings. The molecule has 3 aromatic rings. The van der Waals surface area contributed by atoms with E-state index in [0.717, 1.165) is 55.8 Å². The molecule has 0 spiro atoms. The van der Waals surface area contributed by atoms with E-state index in [4.69, 9.17) is 11.6 Å². The lowest BCUT2D eigenvalue weighted by Crippen LogP contribution is -2.47. The van der Waals surface area contributed by atoms with Crippen LogP contribution in [0.25, 0.3) is 0 Å². The van der Waals surface area contributed by atoms with Gasteiger partial charge in [-0.1, -0.05) is 18.2 Å². The number of aromatic amines is 1. The second-order valence-corrected chi connectivity index (χ2v) is 9.78. The number of likely N-dealkylation sites (tertiary alicyclic amines) is 1. The molecule has 4 heterocycles. The van der Waals surface area contributed by atoms with Gasteiger partial charge in [0, 0.05) is 49.6 Å². The second-order valence-electron chi connectivity index (χ2n) is 9.37. The Bertz CT molecular complexity index is 1230. The molecule has 0 saturated carbocycles. The van der Waals surface area contributed by atoms with Crippen LogP contribution in [0.1, 0.15) is 35.6 Å². The number of hydrogen-bond acceptors (Lipinski definition) is 7. The van der Waals surface area contributed by atoms with E-state index < -0.39 is 0 Å². The summed E-state index contributed by atoms with van der Waals surface area (Å²) >= 11 is 6.24. The number of piperidine rings is 1. The number of nitrogens with zero attached hydrogens (tertiary/aromatic N) is 4. The van der Waals surface area contributed by atoms with Crippen LogP contribution in [-0.2, 0) is 0 Å². The van der Waals surface area contributed by atoms with Gasteiger partial charge in [0.05, 0.1) is 11.9 Å². The van der Waals surface area contributed by atoms with Crippen molar-refractivity contribution < 1.29 is 4.39 Å². The predicted octanol–water partition coefficient (Wildman–Crippen LogP) is 5.01. The Morgan fingerprint density at radius 2 is 1.94 bits per heavy atom. The first-order chi connectivity index (χ1) is 16.9. The Labute approximate surface area is 209 Å². The average Bonchev–Trinajstić information content (AvgIpc) is 3.21. The zero-order valence-electron chi connectivity index (χ0n) is 20.0. The molecule has 2 aromatic heterocycles. The summed E-state index contributed by atoms with van der Waals surface area (Å²) in [6, 6.07) is 5.32. The normalized spacial score (nSPS) is 16.7. The molecule has 10 heteroatoms. The van der Waals surface area contributed by atoms with Gasteiger partial charge in [0.25, 0.3) is 0 Å². The quantitative estimate of drug-likeness (QED) is 0.365. The third-order valence-electron chi connectivity index (χ3n) is 6.89. The molecular formula is C25H30ClFN8. The van der Waals surface area contributed by atoms with Crippen LogP contribution in [0, 0.1) is 25.6 Å². The van der Waals surface area contributed by atoms with E-state index in [9.17, 15) is 0 Å². The Morgan fingerprint density at radius 1 is 1.17 bits per heavy atom. The molecule has 2 fully saturated rings. The fourth-order valence-corrected chi connectivity index (χ4v) is 4.87. The van der Waals surface area contributed by atoms with E-state index in [1.807, 2.05) is 26.0 Å². The van der Waals surface area contributed by atoms with E-state index in [2.05, 4.69) is 47.6 Å². The number of hydrogen-bond donors (Lipinski definition) is 4. The number of aromatic nitrogens is 4. The summed E-state index contributed by atoms with van der Waals surface area (Å²) < 4.78 is 15.2. The third kappa shape index (κ3) is 5.11. The first-order valence-electron chi connectivity index (χ1n) is 11.9. The van der Waals surface area contributed by atoms with Gasteiger partial charge in [-0.05, 0) is 55.9 Å². The molecular weight excluding hydrogens is 467 g/mol. The van der Waals surface area contributed by atoms with Crippen LogP contribution in [0.3, 0.4) is 0 Å². The number of halogens is 2. The van der Waals surface area contributed by atoms with E-state index in [1.54, 1.807) is 6.07 Å². The van der Waals surface area contributed by atoms with Gasteiger partial charge < -0.3 is 20.9 Å². The van der Waals surface area contributed by atoms with Crippen molar-refractivity contribution in [3.63, 3.8) is 0 Å². The molecule has 5 rings (SSSR count). The van der Waals surface area contributed by atoms with E-state index >= 15 is 4.39 Å². The number of rotatable bonds is 7. The molecule has 8 nitrogen and oxygen atoms in total. The second kappa shape index (κ2) is 9.83. The van der Waals surface area contributed by atoms with Gasteiger partial charge in [-0.25, -0.2) is 9.37 Å². The van der Waals surface area contributed by atoms with E-state index in [1.165, 1.54) is 11.9 Å². The van der Waals surface area contributed by atoms with Gasteiger partial charge >= 0.3 is 0 Å². The van der Waals surface area contributed by atoms with Gasteiger partial charge in [-0.3, -0.25) is 5.10 Å². The van der Waals surface area contributed by atoms with Crippen LogP contribution in [-0.4, -0.2) is 51.2 Å². The van der Waals surface area contributed by atoms with E-state index in [-0.39, 0.29) is 11.8 Å². The highest BCUT2D eigenvalue weighted by molar-refractivity contribution is 6.32. The number of H-pyrrole nitrogens is 1. The fourth-order valence-electron chi connectivity index (χ4n) is 4.73. The van der Waals surface area contributed by atoms with Crippen LogP contribution in [0.5, 0.6) is 0 Å². The van der Waals surface area contributed by atoms with Gasteiger partial charge in [-0.15, -0.1) is 0 Å². The highest BCUT2D eigenvalue weighted by Gasteiger charge is 2.28. The minimum atomic E-state index is -0.325. The summed E-state index contributed by atoms with van der Waals surface area (Å²) in [5, 5.41) is 16.7. The molecule has 0 atom stereocenters. The van der Waals surface area contributed by atoms with Crippen molar-refractivity contribution in [2.45, 2.75) is 32.6 Å². The number of anilines is 4. The van der Waals surface area contributed by atoms with Crippen molar-refractivity contribution in [2.75, 3.05) is 36.8 Å². The van der Waals surface area contributed by atoms with Crippen LogP contribution in [0.4, 0.5) is 27.7 Å². The minimum absolute atomic E-state index is 0.243. The fraction of sp³-hybridized carbons (Fsp3) is 0.400. The molecule has 184 valence electrons.